The van der Waals surface area contributed by atoms with Gasteiger partial charge in [0.2, 0.25) is 0 Å². The molecule has 1 heterocycles. The molecule has 0 atom stereocenters. The van der Waals surface area contributed by atoms with Crippen LogP contribution < -0.4 is 0 Å². The molecule has 0 saturated heterocycles. The van der Waals surface area contributed by atoms with Gasteiger partial charge in [0.25, 0.3) is 0 Å². The summed E-state index contributed by atoms with van der Waals surface area (Å²) in [6.07, 6.45) is 2.35. The standard InChI is InChI=1S/C11H19NO2.C2H6/c1-6-9(13)8-7-10(2,3)12(14)11(8,4)5;1-2/h7,14H,6H2,1-5H3;1-2H3. The van der Waals surface area contributed by atoms with Crippen LogP contribution in [0.3, 0.4) is 0 Å². The number of Topliss-reactive ketones (excluding diaryl/α,β-unsaturated/α-hetero) is 1. The first-order valence-corrected chi connectivity index (χ1v) is 5.99. The molecule has 0 aromatic heterocycles. The van der Waals surface area contributed by atoms with E-state index in [9.17, 15) is 10.0 Å². The molecule has 1 aliphatic heterocycles. The summed E-state index contributed by atoms with van der Waals surface area (Å²) in [5, 5.41) is 11.2. The quantitative estimate of drug-likeness (QED) is 0.787. The molecular weight excluding hydrogens is 202 g/mol. The van der Waals surface area contributed by atoms with Gasteiger partial charge in [0.1, 0.15) is 0 Å². The van der Waals surface area contributed by atoms with Crippen LogP contribution >= 0.6 is 0 Å². The second-order valence-electron chi connectivity index (χ2n) is 4.86. The highest BCUT2D eigenvalue weighted by Gasteiger charge is 2.46. The minimum Gasteiger partial charge on any atom is -0.312 e. The second-order valence-corrected chi connectivity index (χ2v) is 4.86. The minimum absolute atomic E-state index is 0.111. The molecule has 0 amide bonds. The van der Waals surface area contributed by atoms with Crippen LogP contribution in [0.5, 0.6) is 0 Å². The first-order chi connectivity index (χ1) is 7.23. The fraction of sp³-hybridized carbons (Fsp3) is 0.769. The number of carbonyl (C=O) groups excluding carboxylic acids is 1. The Hall–Kier alpha value is -0.670. The second kappa shape index (κ2) is 5.11. The fourth-order valence-corrected chi connectivity index (χ4v) is 2.04. The summed E-state index contributed by atoms with van der Waals surface area (Å²) in [6, 6.07) is 0. The van der Waals surface area contributed by atoms with E-state index in [2.05, 4.69) is 0 Å². The highest BCUT2D eigenvalue weighted by molar-refractivity contribution is 5.98. The van der Waals surface area contributed by atoms with Gasteiger partial charge in [-0.2, -0.15) is 5.06 Å². The molecule has 94 valence electrons. The summed E-state index contributed by atoms with van der Waals surface area (Å²) in [5.74, 6) is 0.111. The zero-order valence-corrected chi connectivity index (χ0v) is 11.6. The van der Waals surface area contributed by atoms with Gasteiger partial charge in [-0.3, -0.25) is 4.79 Å². The number of rotatable bonds is 2. The SMILES string of the molecule is CC.CCC(=O)C1=CC(C)(C)N(O)C1(C)C. The van der Waals surface area contributed by atoms with Crippen LogP contribution in [0.25, 0.3) is 0 Å². The Kier molecular flexibility index (Phi) is 4.89. The van der Waals surface area contributed by atoms with Crippen molar-refractivity contribution in [1.29, 1.82) is 0 Å². The lowest BCUT2D eigenvalue weighted by atomic mass is 9.92. The topological polar surface area (TPSA) is 40.5 Å². The number of carbonyl (C=O) groups is 1. The number of hydroxylamine groups is 2. The third kappa shape index (κ3) is 2.53. The van der Waals surface area contributed by atoms with Gasteiger partial charge in [0, 0.05) is 12.0 Å². The van der Waals surface area contributed by atoms with E-state index >= 15 is 0 Å². The van der Waals surface area contributed by atoms with E-state index < -0.39 is 11.1 Å². The van der Waals surface area contributed by atoms with Crippen molar-refractivity contribution in [2.24, 2.45) is 0 Å². The fourth-order valence-electron chi connectivity index (χ4n) is 2.04. The van der Waals surface area contributed by atoms with Crippen LogP contribution in [0.2, 0.25) is 0 Å². The number of hydrogen-bond acceptors (Lipinski definition) is 3. The molecule has 0 spiro atoms. The molecule has 0 fully saturated rings. The normalized spacial score (nSPS) is 22.1. The molecule has 3 nitrogen and oxygen atoms in total. The van der Waals surface area contributed by atoms with Gasteiger partial charge in [-0.25, -0.2) is 0 Å². The average molecular weight is 227 g/mol. The molecule has 0 unspecified atom stereocenters. The lowest BCUT2D eigenvalue weighted by molar-refractivity contribution is -0.185. The first-order valence-electron chi connectivity index (χ1n) is 5.99. The third-order valence-corrected chi connectivity index (χ3v) is 2.85. The summed E-state index contributed by atoms with van der Waals surface area (Å²) in [5.41, 5.74) is -0.312. The maximum Gasteiger partial charge on any atom is 0.160 e. The molecule has 1 aliphatic rings. The Morgan fingerprint density at radius 2 is 1.75 bits per heavy atom. The van der Waals surface area contributed by atoms with Crippen molar-refractivity contribution in [2.75, 3.05) is 0 Å². The zero-order chi connectivity index (χ0) is 13.1. The van der Waals surface area contributed by atoms with Crippen LogP contribution in [0.1, 0.15) is 54.9 Å². The minimum atomic E-state index is -0.573. The summed E-state index contributed by atoms with van der Waals surface area (Å²) in [4.78, 5) is 11.7. The van der Waals surface area contributed by atoms with Crippen molar-refractivity contribution in [1.82, 2.24) is 5.06 Å². The van der Waals surface area contributed by atoms with Crippen molar-refractivity contribution in [3.63, 3.8) is 0 Å². The Morgan fingerprint density at radius 1 is 1.31 bits per heavy atom. The Balaban J connectivity index is 0.00000106. The van der Waals surface area contributed by atoms with Crippen LogP contribution in [0.4, 0.5) is 0 Å². The lowest BCUT2D eigenvalue weighted by Crippen LogP contribution is -2.48. The van der Waals surface area contributed by atoms with Crippen molar-refractivity contribution in [3.8, 4) is 0 Å². The molecule has 0 radical (unpaired) electrons. The Bertz CT molecular complexity index is 290. The van der Waals surface area contributed by atoms with E-state index in [1.807, 2.05) is 54.5 Å². The predicted octanol–water partition coefficient (Wildman–Crippen LogP) is 3.18. The van der Waals surface area contributed by atoms with Gasteiger partial charge < -0.3 is 5.21 Å². The van der Waals surface area contributed by atoms with Crippen molar-refractivity contribution < 1.29 is 10.0 Å². The van der Waals surface area contributed by atoms with Gasteiger partial charge in [0.15, 0.2) is 5.78 Å². The summed E-state index contributed by atoms with van der Waals surface area (Å²) < 4.78 is 0. The Morgan fingerprint density at radius 3 is 2.00 bits per heavy atom. The van der Waals surface area contributed by atoms with E-state index in [1.54, 1.807) is 0 Å². The molecular formula is C13H25NO2. The predicted molar refractivity (Wildman–Crippen MR) is 66.5 cm³/mol. The molecule has 0 saturated carbocycles. The highest BCUT2D eigenvalue weighted by Crippen LogP contribution is 2.38. The van der Waals surface area contributed by atoms with Crippen LogP contribution in [-0.4, -0.2) is 27.1 Å². The number of ketones is 1. The maximum absolute atomic E-state index is 11.7. The smallest absolute Gasteiger partial charge is 0.160 e. The van der Waals surface area contributed by atoms with E-state index in [1.165, 1.54) is 5.06 Å². The van der Waals surface area contributed by atoms with Gasteiger partial charge in [-0.15, -0.1) is 0 Å². The lowest BCUT2D eigenvalue weighted by Gasteiger charge is -2.35. The average Bonchev–Trinajstić information content (AvgIpc) is 2.41. The van der Waals surface area contributed by atoms with Crippen LogP contribution in [0.15, 0.2) is 11.6 Å². The van der Waals surface area contributed by atoms with E-state index in [-0.39, 0.29) is 5.78 Å². The molecule has 0 aromatic rings. The van der Waals surface area contributed by atoms with Crippen molar-refractivity contribution >= 4 is 5.78 Å². The van der Waals surface area contributed by atoms with E-state index in [4.69, 9.17) is 0 Å². The van der Waals surface area contributed by atoms with Gasteiger partial charge in [-0.05, 0) is 27.7 Å². The number of hydrogen-bond donors (Lipinski definition) is 1. The molecule has 0 aromatic carbocycles. The first kappa shape index (κ1) is 15.3. The van der Waals surface area contributed by atoms with Gasteiger partial charge in [0.05, 0.1) is 11.1 Å². The number of nitrogens with zero attached hydrogens (tertiary/aromatic N) is 1. The molecule has 3 heteroatoms. The van der Waals surface area contributed by atoms with E-state index in [0.717, 1.165) is 0 Å². The van der Waals surface area contributed by atoms with E-state index in [0.29, 0.717) is 12.0 Å². The molecule has 1 rings (SSSR count). The van der Waals surface area contributed by atoms with Crippen LogP contribution in [0, 0.1) is 0 Å². The van der Waals surface area contributed by atoms with Crippen molar-refractivity contribution in [3.05, 3.63) is 11.6 Å². The van der Waals surface area contributed by atoms with Crippen molar-refractivity contribution in [2.45, 2.75) is 66.0 Å². The Labute approximate surface area is 99.1 Å². The molecule has 16 heavy (non-hydrogen) atoms. The summed E-state index contributed by atoms with van der Waals surface area (Å²) >= 11 is 0. The maximum atomic E-state index is 11.7. The summed E-state index contributed by atoms with van der Waals surface area (Å²) in [7, 11) is 0. The largest absolute Gasteiger partial charge is 0.312 e. The monoisotopic (exact) mass is 227 g/mol. The molecule has 1 N–H and O–H groups in total. The molecule has 0 aliphatic carbocycles. The summed E-state index contributed by atoms with van der Waals surface area (Å²) in [6.45, 7) is 13.4. The third-order valence-electron chi connectivity index (χ3n) is 2.85. The molecule has 0 bridgehead atoms. The highest BCUT2D eigenvalue weighted by atomic mass is 16.5. The zero-order valence-electron chi connectivity index (χ0n) is 11.6. The van der Waals surface area contributed by atoms with Gasteiger partial charge >= 0.3 is 0 Å². The van der Waals surface area contributed by atoms with Gasteiger partial charge in [-0.1, -0.05) is 26.8 Å². The van der Waals surface area contributed by atoms with Crippen LogP contribution in [-0.2, 0) is 4.79 Å².